The SMILES string of the molecule is N[C@@H](CCC(=O)N[C@@H](CSSC[C@H](NC(=O)CC[C@H](N)C(=O)O)C(=O)N1C(=O)C(=O)[C@H]1C(=O)O)C(=O)NCC(=O)O)C(=O)O. The molecule has 0 aromatic heterocycles. The van der Waals surface area contributed by atoms with Gasteiger partial charge < -0.3 is 47.8 Å². The number of carbonyl (C=O) groups is 10. The van der Waals surface area contributed by atoms with E-state index in [1.165, 1.54) is 0 Å². The number of carboxylic acid groups (broad SMARTS) is 4. The van der Waals surface area contributed by atoms with E-state index >= 15 is 0 Å². The molecule has 0 radical (unpaired) electrons. The number of β-lactam (4-membered cyclic amide) rings is 1. The molecule has 1 rings (SSSR count). The van der Waals surface area contributed by atoms with Crippen LogP contribution in [0.5, 0.6) is 0 Å². The van der Waals surface area contributed by atoms with Gasteiger partial charge in [0.25, 0.3) is 11.7 Å². The first-order valence-corrected chi connectivity index (χ1v) is 14.9. The van der Waals surface area contributed by atoms with Crippen molar-refractivity contribution in [2.45, 2.75) is 55.9 Å². The van der Waals surface area contributed by atoms with Gasteiger partial charge in [0.05, 0.1) is 0 Å². The number of nitrogens with one attached hydrogen (secondary N) is 3. The Morgan fingerprint density at radius 3 is 1.66 bits per heavy atom. The van der Waals surface area contributed by atoms with Crippen molar-refractivity contribution in [2.24, 2.45) is 11.5 Å². The lowest BCUT2D eigenvalue weighted by Crippen LogP contribution is -2.70. The highest BCUT2D eigenvalue weighted by Gasteiger charge is 2.55. The van der Waals surface area contributed by atoms with Crippen LogP contribution in [0, 0.1) is 0 Å². The molecule has 20 nitrogen and oxygen atoms in total. The molecule has 1 saturated heterocycles. The summed E-state index contributed by atoms with van der Waals surface area (Å²) >= 11 is 0. The number of carboxylic acids is 4. The Morgan fingerprint density at radius 1 is 0.773 bits per heavy atom. The van der Waals surface area contributed by atoms with Gasteiger partial charge in [0, 0.05) is 24.3 Å². The van der Waals surface area contributed by atoms with Gasteiger partial charge in [0.2, 0.25) is 23.8 Å². The maximum Gasteiger partial charge on any atom is 0.335 e. The predicted molar refractivity (Wildman–Crippen MR) is 147 cm³/mol. The summed E-state index contributed by atoms with van der Waals surface area (Å²) in [6.07, 6.45) is -1.49. The van der Waals surface area contributed by atoms with Crippen molar-refractivity contribution in [2.75, 3.05) is 18.1 Å². The van der Waals surface area contributed by atoms with Crippen molar-refractivity contribution in [3.05, 3.63) is 0 Å². The van der Waals surface area contributed by atoms with Crippen LogP contribution in [0.4, 0.5) is 0 Å². The van der Waals surface area contributed by atoms with Crippen LogP contribution in [0.1, 0.15) is 25.7 Å². The number of rotatable bonds is 20. The van der Waals surface area contributed by atoms with Crippen molar-refractivity contribution in [1.82, 2.24) is 20.9 Å². The molecule has 1 aliphatic heterocycles. The first kappa shape index (κ1) is 37.7. The summed E-state index contributed by atoms with van der Waals surface area (Å²) in [5, 5.41) is 42.3. The third kappa shape index (κ3) is 11.8. The minimum atomic E-state index is -2.11. The second-order valence-corrected chi connectivity index (χ2v) is 11.6. The first-order chi connectivity index (χ1) is 20.5. The lowest BCUT2D eigenvalue weighted by atomic mass is 9.99. The topological polar surface area (TPSA) is 343 Å². The summed E-state index contributed by atoms with van der Waals surface area (Å²) in [6, 6.07) is -7.87. The van der Waals surface area contributed by atoms with Gasteiger partial charge in [-0.3, -0.25) is 48.1 Å². The number of aliphatic carboxylic acids is 4. The molecule has 5 atom stereocenters. The summed E-state index contributed by atoms with van der Waals surface area (Å²) in [5.74, 6) is -13.3. The highest BCUT2D eigenvalue weighted by molar-refractivity contribution is 8.76. The second-order valence-electron chi connectivity index (χ2n) is 9.01. The maximum atomic E-state index is 13.0. The number of nitrogens with two attached hydrogens (primary N) is 2. The Hall–Kier alpha value is -4.28. The van der Waals surface area contributed by atoms with Gasteiger partial charge in [0.15, 0.2) is 0 Å². The normalized spacial score (nSPS) is 16.9. The van der Waals surface area contributed by atoms with E-state index in [0.29, 0.717) is 0 Å². The van der Waals surface area contributed by atoms with Gasteiger partial charge in [-0.2, -0.15) is 0 Å². The van der Waals surface area contributed by atoms with Gasteiger partial charge >= 0.3 is 29.8 Å². The predicted octanol–water partition coefficient (Wildman–Crippen LogP) is -4.69. The number of amides is 5. The maximum absolute atomic E-state index is 13.0. The van der Waals surface area contributed by atoms with Crippen molar-refractivity contribution in [3.8, 4) is 0 Å². The number of carbonyl (C=O) groups excluding carboxylic acids is 6. The van der Waals surface area contributed by atoms with Crippen LogP contribution in [0.3, 0.4) is 0 Å². The van der Waals surface area contributed by atoms with Crippen LogP contribution in [0.15, 0.2) is 0 Å². The second kappa shape index (κ2) is 17.7. The van der Waals surface area contributed by atoms with Crippen molar-refractivity contribution in [1.29, 1.82) is 0 Å². The summed E-state index contributed by atoms with van der Waals surface area (Å²) in [7, 11) is 1.61. The van der Waals surface area contributed by atoms with E-state index in [2.05, 4.69) is 16.0 Å². The molecule has 0 aliphatic carbocycles. The molecule has 22 heteroatoms. The van der Waals surface area contributed by atoms with Crippen LogP contribution < -0.4 is 27.4 Å². The number of Topliss-reactive ketones (excluding diaryl/α,β-unsaturated/α-hetero) is 1. The first-order valence-electron chi connectivity index (χ1n) is 12.4. The monoisotopic (exact) mass is 666 g/mol. The molecule has 0 aromatic carbocycles. The summed E-state index contributed by atoms with van der Waals surface area (Å²) in [5.41, 5.74) is 10.7. The van der Waals surface area contributed by atoms with E-state index in [1.54, 1.807) is 0 Å². The molecule has 0 spiro atoms. The molecule has 244 valence electrons. The molecule has 0 unspecified atom stereocenters. The zero-order valence-corrected chi connectivity index (χ0v) is 24.3. The van der Waals surface area contributed by atoms with Crippen LogP contribution in [0.2, 0.25) is 0 Å². The van der Waals surface area contributed by atoms with E-state index in [1.807, 2.05) is 0 Å². The number of likely N-dealkylation sites (tertiary alicyclic amines) is 1. The molecule has 1 fully saturated rings. The minimum Gasteiger partial charge on any atom is -0.480 e. The Kier molecular flexibility index (Phi) is 15.2. The fourth-order valence-corrected chi connectivity index (χ4v) is 5.57. The zero-order chi connectivity index (χ0) is 33.7. The average Bonchev–Trinajstić information content (AvgIpc) is 2.95. The van der Waals surface area contributed by atoms with E-state index < -0.39 is 115 Å². The van der Waals surface area contributed by atoms with Gasteiger partial charge in [-0.1, -0.05) is 21.6 Å². The van der Waals surface area contributed by atoms with E-state index in [0.717, 1.165) is 21.6 Å². The number of nitrogens with zero attached hydrogens (tertiary/aromatic N) is 1. The van der Waals surface area contributed by atoms with Crippen molar-refractivity contribution < 1.29 is 68.4 Å². The van der Waals surface area contributed by atoms with Crippen LogP contribution in [-0.4, -0.2) is 133 Å². The fraction of sp³-hybridized carbons (Fsp3) is 0.545. The van der Waals surface area contributed by atoms with Gasteiger partial charge in [-0.15, -0.1) is 0 Å². The molecule has 5 amide bonds. The highest BCUT2D eigenvalue weighted by atomic mass is 33.1. The Morgan fingerprint density at radius 2 is 1.23 bits per heavy atom. The van der Waals surface area contributed by atoms with E-state index in [-0.39, 0.29) is 23.5 Å². The average molecular weight is 667 g/mol. The largest absolute Gasteiger partial charge is 0.480 e. The standard InChI is InChI=1S/C22H30N6O14S2/c23-8(20(37)38)1-3-12(29)26-10(17(34)25-5-14(31)32)6-43-44-7-11(27-13(30)4-2-9(24)21(39)40)18(35)28-15(22(41)42)16(33)19(28)36/h8-11,15H,1-7,23-24H2,(H,25,34)(H,26,29)(H,27,30)(H,31,32)(H,37,38)(H,39,40)(H,41,42)/t8-,9-,10-,11-,15-/m0/s1. The quantitative estimate of drug-likeness (QED) is 0.0194. The number of hydrogen-bond acceptors (Lipinski definition) is 14. The molecule has 44 heavy (non-hydrogen) atoms. The Bertz CT molecular complexity index is 1200. The molecular weight excluding hydrogens is 636 g/mol. The summed E-state index contributed by atoms with van der Waals surface area (Å²) < 4.78 is 0. The molecule has 0 aromatic rings. The third-order valence-corrected chi connectivity index (χ3v) is 8.08. The number of hydrogen-bond donors (Lipinski definition) is 9. The molecule has 1 aliphatic rings. The molecule has 11 N–H and O–H groups in total. The van der Waals surface area contributed by atoms with Crippen LogP contribution in [-0.2, 0) is 47.9 Å². The summed E-state index contributed by atoms with van der Waals surface area (Å²) in [6.45, 7) is -0.797. The summed E-state index contributed by atoms with van der Waals surface area (Å²) in [4.78, 5) is 118. The molecular formula is C22H30N6O14S2. The Labute approximate surface area is 255 Å². The molecule has 0 saturated carbocycles. The molecule has 1 heterocycles. The van der Waals surface area contributed by atoms with Gasteiger partial charge in [-0.25, -0.2) is 4.79 Å². The smallest absolute Gasteiger partial charge is 0.335 e. The highest BCUT2D eigenvalue weighted by Crippen LogP contribution is 2.25. The van der Waals surface area contributed by atoms with Crippen molar-refractivity contribution in [3.63, 3.8) is 0 Å². The van der Waals surface area contributed by atoms with Crippen LogP contribution >= 0.6 is 21.6 Å². The third-order valence-electron chi connectivity index (χ3n) is 5.66. The van der Waals surface area contributed by atoms with Crippen molar-refractivity contribution >= 4 is 80.8 Å². The fourth-order valence-electron chi connectivity index (χ4n) is 3.25. The van der Waals surface area contributed by atoms with Crippen LogP contribution in [0.25, 0.3) is 0 Å². The number of ketones is 1. The van der Waals surface area contributed by atoms with E-state index in [4.69, 9.17) is 26.8 Å². The van der Waals surface area contributed by atoms with E-state index in [9.17, 15) is 53.1 Å². The minimum absolute atomic E-state index is 0.147. The Balaban J connectivity index is 2.96. The molecule has 0 bridgehead atoms. The lowest BCUT2D eigenvalue weighted by Gasteiger charge is -2.35. The number of imide groups is 1. The van der Waals surface area contributed by atoms with Gasteiger partial charge in [0.1, 0.15) is 30.7 Å². The zero-order valence-electron chi connectivity index (χ0n) is 22.6. The van der Waals surface area contributed by atoms with Gasteiger partial charge in [-0.05, 0) is 12.8 Å². The lowest BCUT2D eigenvalue weighted by molar-refractivity contribution is -0.175.